The second kappa shape index (κ2) is 5.01. The van der Waals surface area contributed by atoms with Gasteiger partial charge < -0.3 is 11.5 Å². The summed E-state index contributed by atoms with van der Waals surface area (Å²) < 4.78 is 0. The summed E-state index contributed by atoms with van der Waals surface area (Å²) in [5.41, 5.74) is 12.8. The smallest absolute Gasteiger partial charge is 0.258 e. The van der Waals surface area contributed by atoms with Gasteiger partial charge in [0.25, 0.3) is 5.91 Å². The molecule has 1 aromatic carbocycles. The predicted octanol–water partition coefficient (Wildman–Crippen LogP) is 0.623. The molecule has 0 radical (unpaired) electrons. The molecule has 5 heteroatoms. The third-order valence-electron chi connectivity index (χ3n) is 3.48. The molecule has 0 spiro atoms. The van der Waals surface area contributed by atoms with Crippen molar-refractivity contribution in [2.75, 3.05) is 6.54 Å². The third-order valence-corrected chi connectivity index (χ3v) is 3.48. The zero-order valence-corrected chi connectivity index (χ0v) is 11.4. The second-order valence-electron chi connectivity index (χ2n) is 5.01. The van der Waals surface area contributed by atoms with Crippen molar-refractivity contribution in [3.63, 3.8) is 0 Å². The Morgan fingerprint density at radius 2 is 2.05 bits per heavy atom. The average molecular weight is 260 g/mol. The van der Waals surface area contributed by atoms with Crippen LogP contribution in [0.5, 0.6) is 0 Å². The number of hydrogen-bond donors (Lipinski definition) is 2. The molecule has 0 aromatic heterocycles. The topological polar surface area (TPSA) is 84.7 Å². The molecular formula is C14H20N4O. The van der Waals surface area contributed by atoms with E-state index in [1.807, 2.05) is 12.1 Å². The molecule has 0 aliphatic carbocycles. The van der Waals surface area contributed by atoms with Crippen molar-refractivity contribution >= 4 is 11.9 Å². The molecule has 1 amide bonds. The molecule has 1 unspecified atom stereocenters. The number of nitrogens with zero attached hydrogens (tertiary/aromatic N) is 2. The molecule has 0 saturated carbocycles. The Hall–Kier alpha value is -1.88. The molecule has 1 heterocycles. The molecule has 0 bridgehead atoms. The van der Waals surface area contributed by atoms with E-state index in [0.29, 0.717) is 6.54 Å². The molecule has 4 N–H and O–H groups in total. The van der Waals surface area contributed by atoms with E-state index in [2.05, 4.69) is 24.0 Å². The molecular weight excluding hydrogens is 240 g/mol. The fourth-order valence-electron chi connectivity index (χ4n) is 2.17. The van der Waals surface area contributed by atoms with Gasteiger partial charge in [-0.05, 0) is 24.5 Å². The largest absolute Gasteiger partial charge is 0.369 e. The molecule has 0 saturated heterocycles. The number of guanidine groups is 1. The maximum Gasteiger partial charge on any atom is 0.258 e. The molecule has 1 aliphatic heterocycles. The number of hydrogen-bond acceptors (Lipinski definition) is 4. The molecule has 0 fully saturated rings. The van der Waals surface area contributed by atoms with Crippen LogP contribution in [-0.4, -0.2) is 28.9 Å². The van der Waals surface area contributed by atoms with Crippen molar-refractivity contribution in [3.8, 4) is 0 Å². The Morgan fingerprint density at radius 1 is 1.37 bits per heavy atom. The lowest BCUT2D eigenvalue weighted by molar-refractivity contribution is -0.130. The number of aliphatic imine (C=N–C) groups is 1. The molecule has 1 aromatic rings. The SMILES string of the molecule is CCc1cccc(CN2C(=O)C(C)(CN)N=C2N)c1. The van der Waals surface area contributed by atoms with Crippen molar-refractivity contribution in [2.24, 2.45) is 16.5 Å². The van der Waals surface area contributed by atoms with Crippen LogP contribution in [0.15, 0.2) is 29.3 Å². The van der Waals surface area contributed by atoms with Gasteiger partial charge in [-0.2, -0.15) is 0 Å². The zero-order chi connectivity index (χ0) is 14.0. The van der Waals surface area contributed by atoms with Crippen LogP contribution >= 0.6 is 0 Å². The van der Waals surface area contributed by atoms with Crippen LogP contribution in [-0.2, 0) is 17.8 Å². The molecule has 2 rings (SSSR count). The fraction of sp³-hybridized carbons (Fsp3) is 0.429. The van der Waals surface area contributed by atoms with Crippen LogP contribution < -0.4 is 11.5 Å². The van der Waals surface area contributed by atoms with Gasteiger partial charge in [0.1, 0.15) is 0 Å². The second-order valence-corrected chi connectivity index (χ2v) is 5.01. The van der Waals surface area contributed by atoms with Gasteiger partial charge in [-0.15, -0.1) is 0 Å². The van der Waals surface area contributed by atoms with Crippen molar-refractivity contribution in [2.45, 2.75) is 32.4 Å². The summed E-state index contributed by atoms with van der Waals surface area (Å²) >= 11 is 0. The lowest BCUT2D eigenvalue weighted by Gasteiger charge is -2.21. The number of carbonyl (C=O) groups excluding carboxylic acids is 1. The summed E-state index contributed by atoms with van der Waals surface area (Å²) in [6.45, 7) is 4.42. The number of rotatable bonds is 4. The highest BCUT2D eigenvalue weighted by Gasteiger charge is 2.42. The Balaban J connectivity index is 2.20. The number of aryl methyl sites for hydroxylation is 1. The zero-order valence-electron chi connectivity index (χ0n) is 11.4. The number of nitrogens with two attached hydrogens (primary N) is 2. The van der Waals surface area contributed by atoms with E-state index < -0.39 is 5.54 Å². The van der Waals surface area contributed by atoms with E-state index in [0.717, 1.165) is 12.0 Å². The monoisotopic (exact) mass is 260 g/mol. The van der Waals surface area contributed by atoms with Gasteiger partial charge >= 0.3 is 0 Å². The van der Waals surface area contributed by atoms with Gasteiger partial charge in [-0.3, -0.25) is 9.69 Å². The van der Waals surface area contributed by atoms with Gasteiger partial charge in [0.2, 0.25) is 0 Å². The molecule has 5 nitrogen and oxygen atoms in total. The molecule has 1 aliphatic rings. The van der Waals surface area contributed by atoms with Crippen LogP contribution in [0.25, 0.3) is 0 Å². The van der Waals surface area contributed by atoms with Crippen LogP contribution in [0, 0.1) is 0 Å². The summed E-state index contributed by atoms with van der Waals surface area (Å²) in [6.07, 6.45) is 0.964. The van der Waals surface area contributed by atoms with Gasteiger partial charge in [-0.1, -0.05) is 31.2 Å². The van der Waals surface area contributed by atoms with E-state index >= 15 is 0 Å². The first-order valence-electron chi connectivity index (χ1n) is 6.45. The van der Waals surface area contributed by atoms with E-state index in [1.165, 1.54) is 10.5 Å². The van der Waals surface area contributed by atoms with Gasteiger partial charge in [-0.25, -0.2) is 4.99 Å². The molecule has 19 heavy (non-hydrogen) atoms. The Morgan fingerprint density at radius 3 is 2.63 bits per heavy atom. The lowest BCUT2D eigenvalue weighted by Crippen LogP contribution is -2.45. The highest BCUT2D eigenvalue weighted by molar-refractivity contribution is 6.06. The van der Waals surface area contributed by atoms with E-state index in [4.69, 9.17) is 11.5 Å². The minimum Gasteiger partial charge on any atom is -0.369 e. The van der Waals surface area contributed by atoms with Crippen molar-refractivity contribution in [1.29, 1.82) is 0 Å². The van der Waals surface area contributed by atoms with Crippen LogP contribution in [0.3, 0.4) is 0 Å². The van der Waals surface area contributed by atoms with Gasteiger partial charge in [0.15, 0.2) is 11.5 Å². The standard InChI is InChI=1S/C14H20N4O/c1-3-10-5-4-6-11(7-10)8-18-12(19)14(2,9-15)17-13(18)16/h4-7H,3,8-9,15H2,1-2H3,(H2,16,17). The van der Waals surface area contributed by atoms with Crippen molar-refractivity contribution in [1.82, 2.24) is 4.90 Å². The first-order valence-corrected chi connectivity index (χ1v) is 6.45. The van der Waals surface area contributed by atoms with Crippen molar-refractivity contribution in [3.05, 3.63) is 35.4 Å². The molecule has 102 valence electrons. The Labute approximate surface area is 113 Å². The van der Waals surface area contributed by atoms with Gasteiger partial charge in [0.05, 0.1) is 6.54 Å². The third kappa shape index (κ3) is 2.46. The normalized spacial score (nSPS) is 22.8. The minimum absolute atomic E-state index is 0.130. The average Bonchev–Trinajstić information content (AvgIpc) is 2.63. The lowest BCUT2D eigenvalue weighted by atomic mass is 10.0. The summed E-state index contributed by atoms with van der Waals surface area (Å²) in [5.74, 6) is 0.120. The van der Waals surface area contributed by atoms with Crippen LogP contribution in [0.1, 0.15) is 25.0 Å². The van der Waals surface area contributed by atoms with Crippen LogP contribution in [0.4, 0.5) is 0 Å². The summed E-state index contributed by atoms with van der Waals surface area (Å²) in [4.78, 5) is 18.0. The summed E-state index contributed by atoms with van der Waals surface area (Å²) in [5, 5.41) is 0. The quantitative estimate of drug-likeness (QED) is 0.832. The highest BCUT2D eigenvalue weighted by atomic mass is 16.2. The van der Waals surface area contributed by atoms with E-state index in [9.17, 15) is 4.79 Å². The van der Waals surface area contributed by atoms with Gasteiger partial charge in [0, 0.05) is 6.54 Å². The maximum atomic E-state index is 12.3. The molecule has 1 atom stereocenters. The van der Waals surface area contributed by atoms with Crippen molar-refractivity contribution < 1.29 is 4.79 Å². The fourth-order valence-corrected chi connectivity index (χ4v) is 2.17. The van der Waals surface area contributed by atoms with E-state index in [1.54, 1.807) is 6.92 Å². The summed E-state index contributed by atoms with van der Waals surface area (Å²) in [6, 6.07) is 8.12. The Kier molecular flexibility index (Phi) is 3.57. The number of carbonyl (C=O) groups is 1. The predicted molar refractivity (Wildman–Crippen MR) is 75.5 cm³/mol. The summed E-state index contributed by atoms with van der Waals surface area (Å²) in [7, 11) is 0. The highest BCUT2D eigenvalue weighted by Crippen LogP contribution is 2.22. The minimum atomic E-state index is -0.910. The number of amides is 1. The van der Waals surface area contributed by atoms with Crippen LogP contribution in [0.2, 0.25) is 0 Å². The Bertz CT molecular complexity index is 526. The maximum absolute atomic E-state index is 12.3. The first kappa shape index (κ1) is 13.5. The first-order chi connectivity index (χ1) is 9.00. The number of benzene rings is 1. The van der Waals surface area contributed by atoms with E-state index in [-0.39, 0.29) is 18.4 Å².